The first-order chi connectivity index (χ1) is 8.65. The third kappa shape index (κ3) is 4.73. The van der Waals surface area contributed by atoms with Crippen molar-refractivity contribution in [1.29, 1.82) is 0 Å². The lowest BCUT2D eigenvalue weighted by Gasteiger charge is -2.08. The van der Waals surface area contributed by atoms with Crippen molar-refractivity contribution in [1.82, 2.24) is 0 Å². The molecule has 0 saturated carbocycles. The molecule has 0 atom stereocenters. The molecule has 0 bridgehead atoms. The van der Waals surface area contributed by atoms with Gasteiger partial charge in [-0.05, 0) is 18.6 Å². The van der Waals surface area contributed by atoms with E-state index in [1.54, 1.807) is 18.2 Å². The van der Waals surface area contributed by atoms with Crippen LogP contribution in [-0.4, -0.2) is 25.7 Å². The number of nitrogen functional groups attached to an aromatic ring is 1. The maximum atomic E-state index is 10.9. The number of carbonyl (C=O) groups excluding carboxylic acids is 1. The summed E-state index contributed by atoms with van der Waals surface area (Å²) < 4.78 is 10.7. The Morgan fingerprint density at radius 2 is 1.94 bits per heavy atom. The summed E-state index contributed by atoms with van der Waals surface area (Å²) in [6.07, 6.45) is 1.00. The van der Waals surface area contributed by atoms with Gasteiger partial charge in [-0.25, -0.2) is 0 Å². The Bertz CT molecular complexity index is 394. The van der Waals surface area contributed by atoms with Gasteiger partial charge in [0.1, 0.15) is 0 Å². The van der Waals surface area contributed by atoms with Crippen molar-refractivity contribution >= 4 is 11.6 Å². The average molecular weight is 252 g/mol. The molecule has 18 heavy (non-hydrogen) atoms. The van der Waals surface area contributed by atoms with Crippen molar-refractivity contribution in [2.75, 3.05) is 25.6 Å². The van der Waals surface area contributed by atoms with Gasteiger partial charge in [-0.1, -0.05) is 13.0 Å². The average Bonchev–Trinajstić information content (AvgIpc) is 2.35. The zero-order valence-corrected chi connectivity index (χ0v) is 10.6. The minimum Gasteiger partial charge on any atom is -0.398 e. The van der Waals surface area contributed by atoms with E-state index in [2.05, 4.69) is 6.92 Å². The number of nitrogens with two attached hydrogens (primary N) is 2. The second kappa shape index (κ2) is 7.68. The monoisotopic (exact) mass is 252 g/mol. The molecule has 1 aromatic rings. The predicted molar refractivity (Wildman–Crippen MR) is 70.1 cm³/mol. The molecule has 0 unspecified atom stereocenters. The van der Waals surface area contributed by atoms with Gasteiger partial charge in [0.25, 0.3) is 0 Å². The highest BCUT2D eigenvalue weighted by Crippen LogP contribution is 2.15. The lowest BCUT2D eigenvalue weighted by molar-refractivity contribution is 0.0410. The van der Waals surface area contributed by atoms with Crippen molar-refractivity contribution < 1.29 is 14.3 Å². The Balaban J connectivity index is 2.36. The molecule has 0 fully saturated rings. The van der Waals surface area contributed by atoms with Crippen LogP contribution in [0.2, 0.25) is 0 Å². The molecule has 1 rings (SSSR count). The van der Waals surface area contributed by atoms with E-state index in [1.165, 1.54) is 0 Å². The predicted octanol–water partition coefficient (Wildman–Crippen LogP) is 1.31. The number of rotatable bonds is 8. The highest BCUT2D eigenvalue weighted by atomic mass is 16.5. The molecule has 0 aromatic heterocycles. The number of hydrogen-bond acceptors (Lipinski definition) is 4. The van der Waals surface area contributed by atoms with Gasteiger partial charge in [-0.2, -0.15) is 0 Å². The lowest BCUT2D eigenvalue weighted by atomic mass is 10.1. The van der Waals surface area contributed by atoms with E-state index in [-0.39, 0.29) is 0 Å². The van der Waals surface area contributed by atoms with Crippen LogP contribution in [0.4, 0.5) is 5.69 Å². The van der Waals surface area contributed by atoms with E-state index < -0.39 is 5.91 Å². The molecule has 5 heteroatoms. The van der Waals surface area contributed by atoms with E-state index in [1.807, 2.05) is 0 Å². The number of primary amides is 1. The van der Waals surface area contributed by atoms with Crippen molar-refractivity contribution in [2.24, 2.45) is 5.73 Å². The van der Waals surface area contributed by atoms with Gasteiger partial charge in [-0.15, -0.1) is 0 Å². The molecule has 1 amide bonds. The summed E-state index contributed by atoms with van der Waals surface area (Å²) in [4.78, 5) is 10.9. The fraction of sp³-hybridized carbons (Fsp3) is 0.462. The molecular weight excluding hydrogens is 232 g/mol. The number of benzene rings is 1. The Morgan fingerprint density at radius 1 is 1.22 bits per heavy atom. The van der Waals surface area contributed by atoms with Crippen LogP contribution in [0, 0.1) is 0 Å². The summed E-state index contributed by atoms with van der Waals surface area (Å²) in [6.45, 7) is 4.31. The SMILES string of the molecule is CCCOCCOCc1ccc(C(N)=O)cc1N. The van der Waals surface area contributed by atoms with Gasteiger partial charge >= 0.3 is 0 Å². The molecule has 0 saturated heterocycles. The summed E-state index contributed by atoms with van der Waals surface area (Å²) in [5, 5.41) is 0. The lowest BCUT2D eigenvalue weighted by Crippen LogP contribution is -2.12. The Kier molecular flexibility index (Phi) is 6.18. The van der Waals surface area contributed by atoms with Crippen molar-refractivity contribution in [3.8, 4) is 0 Å². The molecule has 5 nitrogen and oxygen atoms in total. The second-order valence-corrected chi connectivity index (χ2v) is 3.94. The van der Waals surface area contributed by atoms with E-state index in [0.29, 0.717) is 31.1 Å². The highest BCUT2D eigenvalue weighted by Gasteiger charge is 2.04. The summed E-state index contributed by atoms with van der Waals surface area (Å²) >= 11 is 0. The van der Waals surface area contributed by atoms with E-state index in [0.717, 1.165) is 18.6 Å². The van der Waals surface area contributed by atoms with Gasteiger partial charge in [-0.3, -0.25) is 4.79 Å². The quantitative estimate of drug-likeness (QED) is 0.539. The standard InChI is InChI=1S/C13H20N2O3/c1-2-5-17-6-7-18-9-11-4-3-10(13(15)16)8-12(11)14/h3-4,8H,2,5-7,9,14H2,1H3,(H2,15,16). The van der Waals surface area contributed by atoms with E-state index >= 15 is 0 Å². The van der Waals surface area contributed by atoms with Crippen molar-refractivity contribution in [3.05, 3.63) is 29.3 Å². The maximum Gasteiger partial charge on any atom is 0.248 e. The van der Waals surface area contributed by atoms with Crippen molar-refractivity contribution in [3.63, 3.8) is 0 Å². The number of amides is 1. The molecule has 1 aromatic carbocycles. The largest absolute Gasteiger partial charge is 0.398 e. The Labute approximate surface area is 107 Å². The first-order valence-corrected chi connectivity index (χ1v) is 5.98. The first-order valence-electron chi connectivity index (χ1n) is 5.98. The smallest absolute Gasteiger partial charge is 0.248 e. The molecule has 0 aliphatic carbocycles. The zero-order chi connectivity index (χ0) is 13.4. The number of anilines is 1. The highest BCUT2D eigenvalue weighted by molar-refractivity contribution is 5.93. The molecule has 0 heterocycles. The zero-order valence-electron chi connectivity index (χ0n) is 10.6. The van der Waals surface area contributed by atoms with Crippen LogP contribution in [0.25, 0.3) is 0 Å². The van der Waals surface area contributed by atoms with Crippen LogP contribution < -0.4 is 11.5 Å². The summed E-state index contributed by atoms with van der Waals surface area (Å²) in [7, 11) is 0. The van der Waals surface area contributed by atoms with Crippen LogP contribution in [0.3, 0.4) is 0 Å². The van der Waals surface area contributed by atoms with Gasteiger partial charge in [0.05, 0.1) is 19.8 Å². The summed E-state index contributed by atoms with van der Waals surface area (Å²) in [5.74, 6) is -0.484. The molecule has 0 radical (unpaired) electrons. The third-order valence-electron chi connectivity index (χ3n) is 2.41. The molecule has 0 aliphatic heterocycles. The van der Waals surface area contributed by atoms with E-state index in [9.17, 15) is 4.79 Å². The second-order valence-electron chi connectivity index (χ2n) is 3.94. The Morgan fingerprint density at radius 3 is 2.56 bits per heavy atom. The van der Waals surface area contributed by atoms with Gasteiger partial charge < -0.3 is 20.9 Å². The van der Waals surface area contributed by atoms with Crippen LogP contribution in [0.1, 0.15) is 29.3 Å². The fourth-order valence-corrected chi connectivity index (χ4v) is 1.43. The number of carbonyl (C=O) groups is 1. The Hall–Kier alpha value is -1.59. The minimum atomic E-state index is -0.484. The normalized spacial score (nSPS) is 10.5. The van der Waals surface area contributed by atoms with Gasteiger partial charge in [0.2, 0.25) is 5.91 Å². The molecule has 0 aliphatic rings. The van der Waals surface area contributed by atoms with Crippen LogP contribution in [0.15, 0.2) is 18.2 Å². The molecule has 100 valence electrons. The van der Waals surface area contributed by atoms with Crippen molar-refractivity contribution in [2.45, 2.75) is 20.0 Å². The fourth-order valence-electron chi connectivity index (χ4n) is 1.43. The summed E-state index contributed by atoms with van der Waals surface area (Å²) in [5.41, 5.74) is 12.7. The van der Waals surface area contributed by atoms with Crippen LogP contribution in [-0.2, 0) is 16.1 Å². The first kappa shape index (κ1) is 14.5. The summed E-state index contributed by atoms with van der Waals surface area (Å²) in [6, 6.07) is 4.96. The maximum absolute atomic E-state index is 10.9. The van der Waals surface area contributed by atoms with Crippen LogP contribution >= 0.6 is 0 Å². The third-order valence-corrected chi connectivity index (χ3v) is 2.41. The minimum absolute atomic E-state index is 0.403. The number of ether oxygens (including phenoxy) is 2. The molecule has 0 spiro atoms. The molecule has 4 N–H and O–H groups in total. The van der Waals surface area contributed by atoms with Gasteiger partial charge in [0.15, 0.2) is 0 Å². The topological polar surface area (TPSA) is 87.6 Å². The molecular formula is C13H20N2O3. The van der Waals surface area contributed by atoms with E-state index in [4.69, 9.17) is 20.9 Å². The van der Waals surface area contributed by atoms with Gasteiger partial charge in [0, 0.05) is 23.4 Å². The number of hydrogen-bond donors (Lipinski definition) is 2. The van der Waals surface area contributed by atoms with Crippen LogP contribution in [0.5, 0.6) is 0 Å².